The molecule has 0 fully saturated rings. The molecule has 1 N–H and O–H groups in total. The molecule has 0 aliphatic rings. The fourth-order valence-corrected chi connectivity index (χ4v) is 2.66. The third-order valence-corrected chi connectivity index (χ3v) is 4.04. The maximum absolute atomic E-state index is 12.9. The van der Waals surface area contributed by atoms with Crippen LogP contribution in [0.3, 0.4) is 0 Å². The number of carbonyl (C=O) groups excluding carboxylic acids is 2. The van der Waals surface area contributed by atoms with E-state index >= 15 is 0 Å². The van der Waals surface area contributed by atoms with E-state index in [4.69, 9.17) is 4.74 Å². The number of anilines is 1. The lowest BCUT2D eigenvalue weighted by Gasteiger charge is -2.12. The second-order valence-electron chi connectivity index (χ2n) is 5.93. The number of methoxy groups -OCH3 is 1. The minimum atomic E-state index is -0.296. The predicted octanol–water partition coefficient (Wildman–Crippen LogP) is 4.49. The Morgan fingerprint density at radius 1 is 0.846 bits per heavy atom. The number of carbonyl (C=O) groups is 2. The first-order valence-electron chi connectivity index (χ1n) is 8.24. The summed E-state index contributed by atoms with van der Waals surface area (Å²) in [6.07, 6.45) is 0. The molecule has 3 aromatic carbocycles. The normalized spacial score (nSPS) is 10.2. The van der Waals surface area contributed by atoms with E-state index in [0.29, 0.717) is 28.1 Å². The van der Waals surface area contributed by atoms with Crippen molar-refractivity contribution in [1.82, 2.24) is 0 Å². The molecule has 0 aliphatic heterocycles. The lowest BCUT2D eigenvalue weighted by Crippen LogP contribution is -2.15. The molecule has 0 aromatic heterocycles. The second kappa shape index (κ2) is 7.66. The van der Waals surface area contributed by atoms with E-state index in [-0.39, 0.29) is 11.7 Å². The number of amides is 1. The van der Waals surface area contributed by atoms with Crippen molar-refractivity contribution in [3.05, 3.63) is 95.1 Å². The Labute approximate surface area is 152 Å². The number of nitrogens with one attached hydrogen (secondary N) is 1. The zero-order chi connectivity index (χ0) is 18.5. The molecular formula is C22H19NO3. The molecule has 0 saturated carbocycles. The summed E-state index contributed by atoms with van der Waals surface area (Å²) >= 11 is 0. The Kier molecular flexibility index (Phi) is 5.13. The summed E-state index contributed by atoms with van der Waals surface area (Å²) in [6, 6.07) is 21.3. The van der Waals surface area contributed by atoms with Crippen LogP contribution >= 0.6 is 0 Å². The number of aryl methyl sites for hydroxylation is 1. The van der Waals surface area contributed by atoms with Gasteiger partial charge in [-0.1, -0.05) is 48.0 Å². The first-order valence-corrected chi connectivity index (χ1v) is 8.24. The Morgan fingerprint density at radius 2 is 1.58 bits per heavy atom. The summed E-state index contributed by atoms with van der Waals surface area (Å²) in [5.74, 6) is 0.173. The summed E-state index contributed by atoms with van der Waals surface area (Å²) in [5, 5.41) is 2.84. The molecule has 0 bridgehead atoms. The molecule has 3 rings (SSSR count). The van der Waals surface area contributed by atoms with Crippen molar-refractivity contribution in [3.63, 3.8) is 0 Å². The Bertz CT molecular complexity index is 949. The Balaban J connectivity index is 1.93. The van der Waals surface area contributed by atoms with Gasteiger partial charge in [0.2, 0.25) is 0 Å². The van der Waals surface area contributed by atoms with Gasteiger partial charge in [-0.15, -0.1) is 0 Å². The zero-order valence-electron chi connectivity index (χ0n) is 14.7. The van der Waals surface area contributed by atoms with Gasteiger partial charge in [0.25, 0.3) is 5.91 Å². The van der Waals surface area contributed by atoms with Crippen molar-refractivity contribution in [3.8, 4) is 5.75 Å². The maximum Gasteiger partial charge on any atom is 0.255 e. The standard InChI is InChI=1S/C22H19NO3/c1-15-11-12-20(19(13-15)21(24)16-7-4-3-5-8-16)23-22(25)17-9-6-10-18(14-17)26-2/h3-14H,1-2H3,(H,23,25). The highest BCUT2D eigenvalue weighted by molar-refractivity contribution is 6.15. The highest BCUT2D eigenvalue weighted by atomic mass is 16.5. The molecule has 0 unspecified atom stereocenters. The number of ketones is 1. The first kappa shape index (κ1) is 17.4. The summed E-state index contributed by atoms with van der Waals surface area (Å²) in [6.45, 7) is 1.91. The predicted molar refractivity (Wildman–Crippen MR) is 102 cm³/mol. The van der Waals surface area contributed by atoms with Gasteiger partial charge in [-0.05, 0) is 37.3 Å². The van der Waals surface area contributed by atoms with Crippen LogP contribution in [-0.2, 0) is 0 Å². The minimum Gasteiger partial charge on any atom is -0.497 e. The van der Waals surface area contributed by atoms with E-state index in [1.807, 2.05) is 31.2 Å². The van der Waals surface area contributed by atoms with E-state index in [2.05, 4.69) is 5.32 Å². The zero-order valence-corrected chi connectivity index (χ0v) is 14.7. The number of ether oxygens (including phenoxy) is 1. The first-order chi connectivity index (χ1) is 12.6. The van der Waals surface area contributed by atoms with Crippen molar-refractivity contribution in [2.45, 2.75) is 6.92 Å². The monoisotopic (exact) mass is 345 g/mol. The van der Waals surface area contributed by atoms with E-state index in [1.165, 1.54) is 0 Å². The third-order valence-electron chi connectivity index (χ3n) is 4.04. The molecule has 130 valence electrons. The summed E-state index contributed by atoms with van der Waals surface area (Å²) in [7, 11) is 1.55. The number of benzene rings is 3. The van der Waals surface area contributed by atoms with Crippen LogP contribution in [0.2, 0.25) is 0 Å². The van der Waals surface area contributed by atoms with Crippen molar-refractivity contribution < 1.29 is 14.3 Å². The summed E-state index contributed by atoms with van der Waals surface area (Å²) in [5.41, 5.74) is 2.94. The van der Waals surface area contributed by atoms with Gasteiger partial charge in [-0.25, -0.2) is 0 Å². The van der Waals surface area contributed by atoms with Gasteiger partial charge in [0.1, 0.15) is 5.75 Å². The number of rotatable bonds is 5. The molecule has 1 amide bonds. The van der Waals surface area contributed by atoms with Crippen LogP contribution < -0.4 is 10.1 Å². The molecule has 0 radical (unpaired) electrons. The van der Waals surface area contributed by atoms with Gasteiger partial charge in [0, 0.05) is 16.7 Å². The largest absolute Gasteiger partial charge is 0.497 e. The van der Waals surface area contributed by atoms with Gasteiger partial charge in [0.15, 0.2) is 5.78 Å². The van der Waals surface area contributed by atoms with E-state index in [1.54, 1.807) is 55.6 Å². The molecule has 0 saturated heterocycles. The van der Waals surface area contributed by atoms with Crippen molar-refractivity contribution in [2.75, 3.05) is 12.4 Å². The lowest BCUT2D eigenvalue weighted by molar-refractivity contribution is 0.102. The van der Waals surface area contributed by atoms with Gasteiger partial charge in [-0.2, -0.15) is 0 Å². The van der Waals surface area contributed by atoms with Gasteiger partial charge in [0.05, 0.1) is 12.8 Å². The average Bonchev–Trinajstić information content (AvgIpc) is 2.69. The van der Waals surface area contributed by atoms with Gasteiger partial charge >= 0.3 is 0 Å². The summed E-state index contributed by atoms with van der Waals surface area (Å²) in [4.78, 5) is 25.5. The highest BCUT2D eigenvalue weighted by Crippen LogP contribution is 2.22. The third kappa shape index (κ3) is 3.81. The molecule has 0 heterocycles. The van der Waals surface area contributed by atoms with Crippen molar-refractivity contribution >= 4 is 17.4 Å². The van der Waals surface area contributed by atoms with E-state index in [0.717, 1.165) is 5.56 Å². The van der Waals surface area contributed by atoms with Crippen LogP contribution in [0.4, 0.5) is 5.69 Å². The number of hydrogen-bond acceptors (Lipinski definition) is 3. The van der Waals surface area contributed by atoms with Crippen molar-refractivity contribution in [1.29, 1.82) is 0 Å². The topological polar surface area (TPSA) is 55.4 Å². The second-order valence-corrected chi connectivity index (χ2v) is 5.93. The highest BCUT2D eigenvalue weighted by Gasteiger charge is 2.16. The minimum absolute atomic E-state index is 0.129. The molecule has 4 nitrogen and oxygen atoms in total. The average molecular weight is 345 g/mol. The van der Waals surface area contributed by atoms with Gasteiger partial charge in [-0.3, -0.25) is 9.59 Å². The van der Waals surface area contributed by atoms with Crippen LogP contribution in [-0.4, -0.2) is 18.8 Å². The maximum atomic E-state index is 12.9. The fourth-order valence-electron chi connectivity index (χ4n) is 2.66. The number of hydrogen-bond donors (Lipinski definition) is 1. The van der Waals surface area contributed by atoms with Crippen LogP contribution in [0.25, 0.3) is 0 Å². The van der Waals surface area contributed by atoms with Gasteiger partial charge < -0.3 is 10.1 Å². The van der Waals surface area contributed by atoms with Crippen LogP contribution in [0.1, 0.15) is 31.8 Å². The van der Waals surface area contributed by atoms with Crippen LogP contribution in [0.15, 0.2) is 72.8 Å². The fraction of sp³-hybridized carbons (Fsp3) is 0.0909. The lowest BCUT2D eigenvalue weighted by atomic mass is 9.99. The SMILES string of the molecule is COc1cccc(C(=O)Nc2ccc(C)cc2C(=O)c2ccccc2)c1. The van der Waals surface area contributed by atoms with Crippen LogP contribution in [0.5, 0.6) is 5.75 Å². The smallest absolute Gasteiger partial charge is 0.255 e. The quantitative estimate of drug-likeness (QED) is 0.693. The molecule has 0 spiro atoms. The molecule has 26 heavy (non-hydrogen) atoms. The Hall–Kier alpha value is -3.40. The summed E-state index contributed by atoms with van der Waals surface area (Å²) < 4.78 is 5.16. The molecule has 0 atom stereocenters. The molecule has 0 aliphatic carbocycles. The molecular weight excluding hydrogens is 326 g/mol. The Morgan fingerprint density at radius 3 is 2.31 bits per heavy atom. The van der Waals surface area contributed by atoms with E-state index in [9.17, 15) is 9.59 Å². The van der Waals surface area contributed by atoms with Crippen molar-refractivity contribution in [2.24, 2.45) is 0 Å². The van der Waals surface area contributed by atoms with Crippen LogP contribution in [0, 0.1) is 6.92 Å². The molecule has 3 aromatic rings. The van der Waals surface area contributed by atoms with E-state index < -0.39 is 0 Å². The molecule has 4 heteroatoms.